The maximum Gasteiger partial charge on any atom is 0.117 e. The summed E-state index contributed by atoms with van der Waals surface area (Å²) in [5.41, 5.74) is 3.08. The van der Waals surface area contributed by atoms with Crippen molar-refractivity contribution in [1.29, 1.82) is 0 Å². The Morgan fingerprint density at radius 2 is 2.11 bits per heavy atom. The molecule has 0 bridgehead atoms. The monoisotopic (exact) mass is 251 g/mol. The molecule has 1 spiro atoms. The lowest BCUT2D eigenvalue weighted by Gasteiger charge is -2.25. The summed E-state index contributed by atoms with van der Waals surface area (Å²) in [6.07, 6.45) is 6.34. The molecule has 3 nitrogen and oxygen atoms in total. The highest BCUT2D eigenvalue weighted by Gasteiger charge is 2.50. The highest BCUT2D eigenvalue weighted by molar-refractivity contribution is 5.30. The molecule has 1 atom stereocenters. The van der Waals surface area contributed by atoms with E-state index < -0.39 is 0 Å². The minimum atomic E-state index is 0.107. The molecule has 3 heteroatoms. The Kier molecular flexibility index (Phi) is 3.73. The van der Waals surface area contributed by atoms with Gasteiger partial charge in [0.2, 0.25) is 0 Å². The molecule has 3 heterocycles. The predicted octanol–water partition coefficient (Wildman–Crippen LogP) is 2.37. The lowest BCUT2D eigenvalue weighted by atomic mass is 9.89. The van der Waals surface area contributed by atoms with Crippen molar-refractivity contribution in [3.05, 3.63) is 11.1 Å². The van der Waals surface area contributed by atoms with Crippen LogP contribution in [0.4, 0.5) is 0 Å². The van der Waals surface area contributed by atoms with E-state index in [-0.39, 0.29) is 5.60 Å². The van der Waals surface area contributed by atoms with Crippen LogP contribution in [-0.4, -0.2) is 50.0 Å². The van der Waals surface area contributed by atoms with Gasteiger partial charge in [0.15, 0.2) is 0 Å². The van der Waals surface area contributed by atoms with E-state index in [0.717, 1.165) is 26.2 Å². The van der Waals surface area contributed by atoms with Crippen LogP contribution in [0.1, 0.15) is 39.0 Å². The zero-order valence-electron chi connectivity index (χ0n) is 11.5. The molecule has 3 saturated heterocycles. The van der Waals surface area contributed by atoms with Crippen LogP contribution in [0.5, 0.6) is 0 Å². The second-order valence-corrected chi connectivity index (χ2v) is 6.00. The Balaban J connectivity index is 1.51. The van der Waals surface area contributed by atoms with Gasteiger partial charge in [0.05, 0.1) is 19.8 Å². The van der Waals surface area contributed by atoms with Gasteiger partial charge >= 0.3 is 0 Å². The first-order valence-corrected chi connectivity index (χ1v) is 7.43. The molecule has 0 radical (unpaired) electrons. The van der Waals surface area contributed by atoms with E-state index in [2.05, 4.69) is 11.8 Å². The Hall–Kier alpha value is -0.380. The van der Waals surface area contributed by atoms with E-state index in [4.69, 9.17) is 9.47 Å². The van der Waals surface area contributed by atoms with Crippen LogP contribution in [0.25, 0.3) is 0 Å². The standard InChI is InChI=1S/C15H25NO2/c1-13(5-4-9-16-7-2-3-8-16)14-11-17-10-6-15(14)12-18-15/h2-12H2,1H3/b14-13+. The Morgan fingerprint density at radius 3 is 2.83 bits per heavy atom. The number of nitrogens with zero attached hydrogens (tertiary/aromatic N) is 1. The summed E-state index contributed by atoms with van der Waals surface area (Å²) >= 11 is 0. The van der Waals surface area contributed by atoms with Crippen molar-refractivity contribution in [3.63, 3.8) is 0 Å². The zero-order chi connectivity index (χ0) is 12.4. The molecule has 1 unspecified atom stereocenters. The van der Waals surface area contributed by atoms with Gasteiger partial charge in [-0.25, -0.2) is 0 Å². The lowest BCUT2D eigenvalue weighted by Crippen LogP contribution is -2.28. The number of epoxide rings is 1. The van der Waals surface area contributed by atoms with Gasteiger partial charge in [0.25, 0.3) is 0 Å². The van der Waals surface area contributed by atoms with Crippen molar-refractivity contribution in [2.45, 2.75) is 44.6 Å². The van der Waals surface area contributed by atoms with E-state index in [1.165, 1.54) is 56.5 Å². The number of hydrogen-bond donors (Lipinski definition) is 0. The molecular weight excluding hydrogens is 226 g/mol. The zero-order valence-corrected chi connectivity index (χ0v) is 11.5. The fraction of sp³-hybridized carbons (Fsp3) is 0.867. The van der Waals surface area contributed by atoms with Gasteiger partial charge < -0.3 is 14.4 Å². The smallest absolute Gasteiger partial charge is 0.117 e. The van der Waals surface area contributed by atoms with Crippen LogP contribution in [0, 0.1) is 0 Å². The van der Waals surface area contributed by atoms with Gasteiger partial charge in [-0.2, -0.15) is 0 Å². The molecule has 0 N–H and O–H groups in total. The number of rotatable bonds is 4. The first-order valence-electron chi connectivity index (χ1n) is 7.43. The third-order valence-corrected chi connectivity index (χ3v) is 4.68. The summed E-state index contributed by atoms with van der Waals surface area (Å²) < 4.78 is 11.3. The van der Waals surface area contributed by atoms with Gasteiger partial charge in [-0.15, -0.1) is 0 Å². The second kappa shape index (κ2) is 5.32. The molecule has 0 aliphatic carbocycles. The molecule has 0 aromatic carbocycles. The van der Waals surface area contributed by atoms with Crippen LogP contribution in [-0.2, 0) is 9.47 Å². The molecule has 0 aromatic rings. The molecule has 102 valence electrons. The minimum absolute atomic E-state index is 0.107. The van der Waals surface area contributed by atoms with Crippen LogP contribution in [0.2, 0.25) is 0 Å². The van der Waals surface area contributed by atoms with Crippen molar-refractivity contribution >= 4 is 0 Å². The average molecular weight is 251 g/mol. The molecular formula is C15H25NO2. The third-order valence-electron chi connectivity index (χ3n) is 4.68. The van der Waals surface area contributed by atoms with E-state index in [1.807, 2.05) is 0 Å². The first kappa shape index (κ1) is 12.6. The minimum Gasteiger partial charge on any atom is -0.377 e. The summed E-state index contributed by atoms with van der Waals surface area (Å²) in [7, 11) is 0. The molecule has 0 saturated carbocycles. The summed E-state index contributed by atoms with van der Waals surface area (Å²) in [6.45, 7) is 8.75. The van der Waals surface area contributed by atoms with Crippen molar-refractivity contribution < 1.29 is 9.47 Å². The van der Waals surface area contributed by atoms with Gasteiger partial charge in [-0.05, 0) is 57.8 Å². The lowest BCUT2D eigenvalue weighted by molar-refractivity contribution is 0.0905. The van der Waals surface area contributed by atoms with Gasteiger partial charge in [0, 0.05) is 6.42 Å². The third kappa shape index (κ3) is 2.63. The quantitative estimate of drug-likeness (QED) is 0.566. The summed E-state index contributed by atoms with van der Waals surface area (Å²) in [6, 6.07) is 0. The number of ether oxygens (including phenoxy) is 2. The largest absolute Gasteiger partial charge is 0.377 e. The Labute approximate surface area is 110 Å². The van der Waals surface area contributed by atoms with Crippen molar-refractivity contribution in [3.8, 4) is 0 Å². The van der Waals surface area contributed by atoms with E-state index >= 15 is 0 Å². The van der Waals surface area contributed by atoms with E-state index in [1.54, 1.807) is 0 Å². The van der Waals surface area contributed by atoms with Crippen LogP contribution >= 0.6 is 0 Å². The SMILES string of the molecule is C/C(CCCN1CCCC1)=C1/COCCC12CO2. The van der Waals surface area contributed by atoms with Gasteiger partial charge in [-0.1, -0.05) is 5.57 Å². The molecule has 3 aliphatic rings. The van der Waals surface area contributed by atoms with Gasteiger partial charge in [0.1, 0.15) is 5.60 Å². The first-order chi connectivity index (χ1) is 8.80. The van der Waals surface area contributed by atoms with E-state index in [9.17, 15) is 0 Å². The van der Waals surface area contributed by atoms with Crippen molar-refractivity contribution in [2.75, 3.05) is 39.5 Å². The van der Waals surface area contributed by atoms with E-state index in [0.29, 0.717) is 0 Å². The molecule has 3 fully saturated rings. The highest BCUT2D eigenvalue weighted by Crippen LogP contribution is 2.43. The molecule has 3 aliphatic heterocycles. The molecule has 3 rings (SSSR count). The Bertz CT molecular complexity index is 327. The Morgan fingerprint density at radius 1 is 1.33 bits per heavy atom. The van der Waals surface area contributed by atoms with Crippen molar-refractivity contribution in [2.24, 2.45) is 0 Å². The number of hydrogen-bond acceptors (Lipinski definition) is 3. The predicted molar refractivity (Wildman–Crippen MR) is 71.7 cm³/mol. The van der Waals surface area contributed by atoms with Crippen LogP contribution in [0.3, 0.4) is 0 Å². The highest BCUT2D eigenvalue weighted by atomic mass is 16.6. The number of likely N-dealkylation sites (tertiary alicyclic amines) is 1. The fourth-order valence-corrected chi connectivity index (χ4v) is 3.34. The summed E-state index contributed by atoms with van der Waals surface area (Å²) in [4.78, 5) is 2.60. The summed E-state index contributed by atoms with van der Waals surface area (Å²) in [5, 5.41) is 0. The van der Waals surface area contributed by atoms with Crippen LogP contribution < -0.4 is 0 Å². The molecule has 0 aromatic heterocycles. The normalized spacial score (nSPS) is 35.2. The average Bonchev–Trinajstić information content (AvgIpc) is 2.93. The summed E-state index contributed by atoms with van der Waals surface area (Å²) in [5.74, 6) is 0. The topological polar surface area (TPSA) is 25.0 Å². The second-order valence-electron chi connectivity index (χ2n) is 6.00. The number of allylic oxidation sites excluding steroid dienone is 1. The van der Waals surface area contributed by atoms with Crippen LogP contribution in [0.15, 0.2) is 11.1 Å². The fourth-order valence-electron chi connectivity index (χ4n) is 3.34. The maximum absolute atomic E-state index is 5.70. The maximum atomic E-state index is 5.70. The van der Waals surface area contributed by atoms with Gasteiger partial charge in [-0.3, -0.25) is 0 Å². The van der Waals surface area contributed by atoms with Crippen molar-refractivity contribution in [1.82, 2.24) is 4.90 Å². The molecule has 18 heavy (non-hydrogen) atoms. The molecule has 0 amide bonds.